The highest BCUT2D eigenvalue weighted by Gasteiger charge is 2.22. The van der Waals surface area contributed by atoms with Crippen molar-refractivity contribution >= 4 is 21.9 Å². The highest BCUT2D eigenvalue weighted by atomic mass is 79.9. The van der Waals surface area contributed by atoms with Gasteiger partial charge < -0.3 is 14.6 Å². The van der Waals surface area contributed by atoms with Crippen molar-refractivity contribution < 1.29 is 23.8 Å². The third-order valence-corrected chi connectivity index (χ3v) is 3.23. The molecule has 0 spiro atoms. The molecule has 1 aliphatic rings. The van der Waals surface area contributed by atoms with Crippen LogP contribution in [-0.4, -0.2) is 30.4 Å². The summed E-state index contributed by atoms with van der Waals surface area (Å²) in [6, 6.07) is 2.63. The van der Waals surface area contributed by atoms with Crippen LogP contribution in [-0.2, 0) is 4.74 Å². The Morgan fingerprint density at radius 3 is 2.94 bits per heavy atom. The van der Waals surface area contributed by atoms with Gasteiger partial charge in [0.1, 0.15) is 6.10 Å². The highest BCUT2D eigenvalue weighted by molar-refractivity contribution is 9.10. The zero-order chi connectivity index (χ0) is 12.4. The van der Waals surface area contributed by atoms with E-state index in [4.69, 9.17) is 14.6 Å². The quantitative estimate of drug-likeness (QED) is 0.932. The van der Waals surface area contributed by atoms with E-state index in [0.717, 1.165) is 0 Å². The SMILES string of the molecule is O=C(O)c1ccc(OC2CCOC2)c(F)c1Br. The van der Waals surface area contributed by atoms with Crippen LogP contribution in [0, 0.1) is 5.82 Å². The van der Waals surface area contributed by atoms with Crippen molar-refractivity contribution in [1.29, 1.82) is 0 Å². The second kappa shape index (κ2) is 5.01. The summed E-state index contributed by atoms with van der Waals surface area (Å²) in [5.74, 6) is -1.85. The molecule has 1 atom stereocenters. The van der Waals surface area contributed by atoms with Crippen LogP contribution < -0.4 is 4.74 Å². The van der Waals surface area contributed by atoms with Gasteiger partial charge >= 0.3 is 5.97 Å². The van der Waals surface area contributed by atoms with Crippen molar-refractivity contribution in [2.45, 2.75) is 12.5 Å². The van der Waals surface area contributed by atoms with E-state index in [0.29, 0.717) is 19.6 Å². The normalized spacial score (nSPS) is 19.3. The minimum Gasteiger partial charge on any atom is -0.485 e. The monoisotopic (exact) mass is 304 g/mol. The van der Waals surface area contributed by atoms with Gasteiger partial charge in [0.25, 0.3) is 0 Å². The maximum atomic E-state index is 13.8. The van der Waals surface area contributed by atoms with Gasteiger partial charge in [0.05, 0.1) is 23.2 Å². The van der Waals surface area contributed by atoms with E-state index in [9.17, 15) is 9.18 Å². The van der Waals surface area contributed by atoms with E-state index in [1.54, 1.807) is 0 Å². The molecule has 1 unspecified atom stereocenters. The van der Waals surface area contributed by atoms with Crippen molar-refractivity contribution in [3.05, 3.63) is 28.0 Å². The number of rotatable bonds is 3. The van der Waals surface area contributed by atoms with Crippen molar-refractivity contribution in [2.75, 3.05) is 13.2 Å². The molecule has 0 aliphatic carbocycles. The third-order valence-electron chi connectivity index (χ3n) is 2.46. The van der Waals surface area contributed by atoms with E-state index in [1.165, 1.54) is 12.1 Å². The van der Waals surface area contributed by atoms with E-state index < -0.39 is 11.8 Å². The van der Waals surface area contributed by atoms with Gasteiger partial charge in [-0.2, -0.15) is 0 Å². The molecule has 1 aromatic rings. The molecule has 1 aliphatic heterocycles. The molecular formula is C11H10BrFO4. The van der Waals surface area contributed by atoms with Crippen LogP contribution in [0.4, 0.5) is 4.39 Å². The second-order valence-electron chi connectivity index (χ2n) is 3.65. The number of carboxylic acids is 1. The molecule has 1 heterocycles. The largest absolute Gasteiger partial charge is 0.485 e. The Bertz CT molecular complexity index is 443. The van der Waals surface area contributed by atoms with Gasteiger partial charge in [0, 0.05) is 6.42 Å². The average molecular weight is 305 g/mol. The first kappa shape index (κ1) is 12.3. The summed E-state index contributed by atoms with van der Waals surface area (Å²) >= 11 is 2.91. The third kappa shape index (κ3) is 2.58. The average Bonchev–Trinajstić information content (AvgIpc) is 2.77. The Morgan fingerprint density at radius 1 is 1.59 bits per heavy atom. The Balaban J connectivity index is 2.23. The molecule has 92 valence electrons. The lowest BCUT2D eigenvalue weighted by Crippen LogP contribution is -2.16. The lowest BCUT2D eigenvalue weighted by atomic mass is 10.2. The lowest BCUT2D eigenvalue weighted by molar-refractivity contribution is 0.0695. The standard InChI is InChI=1S/C11H10BrFO4/c12-9-7(11(14)15)1-2-8(10(9)13)17-6-3-4-16-5-6/h1-2,6H,3-5H2,(H,14,15). The number of halogens is 2. The predicted octanol–water partition coefficient (Wildman–Crippen LogP) is 2.45. The Labute approximate surface area is 105 Å². The van der Waals surface area contributed by atoms with Gasteiger partial charge in [-0.15, -0.1) is 0 Å². The van der Waals surface area contributed by atoms with Crippen LogP contribution in [0.15, 0.2) is 16.6 Å². The number of hydrogen-bond acceptors (Lipinski definition) is 3. The number of carboxylic acid groups (broad SMARTS) is 1. The summed E-state index contributed by atoms with van der Waals surface area (Å²) in [6.45, 7) is 1.03. The molecule has 0 aromatic heterocycles. The lowest BCUT2D eigenvalue weighted by Gasteiger charge is -2.13. The number of hydrogen-bond donors (Lipinski definition) is 1. The summed E-state index contributed by atoms with van der Waals surface area (Å²) in [5.41, 5.74) is -0.127. The van der Waals surface area contributed by atoms with Gasteiger partial charge in [-0.3, -0.25) is 0 Å². The minimum atomic E-state index is -1.19. The molecule has 0 bridgehead atoms. The summed E-state index contributed by atoms with van der Waals surface area (Å²) in [5, 5.41) is 8.81. The number of ether oxygens (including phenoxy) is 2. The van der Waals surface area contributed by atoms with E-state index in [-0.39, 0.29) is 21.9 Å². The zero-order valence-electron chi connectivity index (χ0n) is 8.78. The molecule has 1 saturated heterocycles. The van der Waals surface area contributed by atoms with Crippen molar-refractivity contribution in [2.24, 2.45) is 0 Å². The van der Waals surface area contributed by atoms with Crippen LogP contribution in [0.3, 0.4) is 0 Å². The van der Waals surface area contributed by atoms with Crippen molar-refractivity contribution in [3.8, 4) is 5.75 Å². The van der Waals surface area contributed by atoms with Gasteiger partial charge in [0.15, 0.2) is 11.6 Å². The fourth-order valence-corrected chi connectivity index (χ4v) is 2.07. The molecular weight excluding hydrogens is 295 g/mol. The Morgan fingerprint density at radius 2 is 2.35 bits per heavy atom. The predicted molar refractivity (Wildman–Crippen MR) is 60.9 cm³/mol. The first-order chi connectivity index (χ1) is 8.09. The molecule has 4 nitrogen and oxygen atoms in total. The van der Waals surface area contributed by atoms with E-state index in [1.807, 2.05) is 0 Å². The number of aromatic carboxylic acids is 1. The topological polar surface area (TPSA) is 55.8 Å². The van der Waals surface area contributed by atoms with Gasteiger partial charge in [-0.25, -0.2) is 9.18 Å². The summed E-state index contributed by atoms with van der Waals surface area (Å²) in [6.07, 6.45) is 0.532. The van der Waals surface area contributed by atoms with Gasteiger partial charge in [-0.1, -0.05) is 0 Å². The smallest absolute Gasteiger partial charge is 0.336 e. The second-order valence-corrected chi connectivity index (χ2v) is 4.44. The van der Waals surface area contributed by atoms with E-state index >= 15 is 0 Å². The minimum absolute atomic E-state index is 0.0392. The van der Waals surface area contributed by atoms with Crippen molar-refractivity contribution in [3.63, 3.8) is 0 Å². The van der Waals surface area contributed by atoms with Crippen LogP contribution >= 0.6 is 15.9 Å². The molecule has 1 fully saturated rings. The van der Waals surface area contributed by atoms with Gasteiger partial charge in [-0.05, 0) is 28.1 Å². The number of benzene rings is 1. The molecule has 1 aromatic carbocycles. The maximum absolute atomic E-state index is 13.8. The molecule has 0 amide bonds. The first-order valence-electron chi connectivity index (χ1n) is 5.05. The summed E-state index contributed by atoms with van der Waals surface area (Å²) in [4.78, 5) is 10.8. The molecule has 17 heavy (non-hydrogen) atoms. The zero-order valence-corrected chi connectivity index (χ0v) is 10.4. The van der Waals surface area contributed by atoms with Gasteiger partial charge in [0.2, 0.25) is 0 Å². The molecule has 2 rings (SSSR count). The molecule has 0 saturated carbocycles. The first-order valence-corrected chi connectivity index (χ1v) is 5.84. The fourth-order valence-electron chi connectivity index (χ4n) is 1.57. The Kier molecular flexibility index (Phi) is 3.63. The maximum Gasteiger partial charge on any atom is 0.336 e. The summed E-state index contributed by atoms with van der Waals surface area (Å²) < 4.78 is 24.2. The van der Waals surface area contributed by atoms with E-state index in [2.05, 4.69) is 15.9 Å². The molecule has 6 heteroatoms. The molecule has 1 N–H and O–H groups in total. The number of carbonyl (C=O) groups is 1. The van der Waals surface area contributed by atoms with Crippen LogP contribution in [0.2, 0.25) is 0 Å². The van der Waals surface area contributed by atoms with Crippen LogP contribution in [0.5, 0.6) is 5.75 Å². The summed E-state index contributed by atoms with van der Waals surface area (Å²) in [7, 11) is 0. The Hall–Kier alpha value is -1.14. The van der Waals surface area contributed by atoms with Crippen molar-refractivity contribution in [1.82, 2.24) is 0 Å². The van der Waals surface area contributed by atoms with Crippen LogP contribution in [0.25, 0.3) is 0 Å². The fraction of sp³-hybridized carbons (Fsp3) is 0.364. The highest BCUT2D eigenvalue weighted by Crippen LogP contribution is 2.30. The molecule has 0 radical (unpaired) electrons. The van der Waals surface area contributed by atoms with Crippen LogP contribution in [0.1, 0.15) is 16.8 Å².